The van der Waals surface area contributed by atoms with E-state index in [4.69, 9.17) is 16.3 Å². The molecule has 1 aromatic heterocycles. The summed E-state index contributed by atoms with van der Waals surface area (Å²) < 4.78 is 8.20. The van der Waals surface area contributed by atoms with Gasteiger partial charge in [0.25, 0.3) is 0 Å². The molecule has 6 heteroatoms. The highest BCUT2D eigenvalue weighted by atomic mass is 79.9. The summed E-state index contributed by atoms with van der Waals surface area (Å²) in [5, 5.41) is 4.99. The maximum atomic E-state index is 10.7. The summed E-state index contributed by atoms with van der Waals surface area (Å²) in [6, 6.07) is 5.17. The van der Waals surface area contributed by atoms with Crippen molar-refractivity contribution >= 4 is 33.8 Å². The van der Waals surface area contributed by atoms with Crippen LogP contribution in [0.4, 0.5) is 0 Å². The van der Waals surface area contributed by atoms with Crippen LogP contribution in [0.2, 0.25) is 5.02 Å². The Morgan fingerprint density at radius 3 is 2.80 bits per heavy atom. The fraction of sp³-hybridized carbons (Fsp3) is 0.286. The maximum Gasteiger partial charge on any atom is 0.150 e. The number of carbonyl (C=O) groups excluding carboxylic acids is 1. The number of carbonyl (C=O) groups is 1. The van der Waals surface area contributed by atoms with Crippen molar-refractivity contribution in [2.75, 3.05) is 0 Å². The van der Waals surface area contributed by atoms with E-state index in [2.05, 4.69) is 21.0 Å². The molecular formula is C14H14BrClN2O2. The molecule has 0 bridgehead atoms. The molecule has 0 aliphatic heterocycles. The lowest BCUT2D eigenvalue weighted by Gasteiger charge is -2.09. The molecule has 0 amide bonds. The van der Waals surface area contributed by atoms with E-state index in [0.29, 0.717) is 22.9 Å². The van der Waals surface area contributed by atoms with Crippen molar-refractivity contribution in [3.63, 3.8) is 0 Å². The lowest BCUT2D eigenvalue weighted by molar-refractivity contribution is 0.112. The van der Waals surface area contributed by atoms with Crippen LogP contribution in [0.25, 0.3) is 0 Å². The Labute approximate surface area is 130 Å². The number of rotatable bonds is 5. The third-order valence-corrected chi connectivity index (χ3v) is 4.02. The molecule has 0 saturated carbocycles. The fourth-order valence-corrected chi connectivity index (χ4v) is 2.69. The van der Waals surface area contributed by atoms with Crippen molar-refractivity contribution in [3.8, 4) is 5.75 Å². The largest absolute Gasteiger partial charge is 0.486 e. The number of ether oxygens (including phenoxy) is 1. The van der Waals surface area contributed by atoms with Gasteiger partial charge in [-0.1, -0.05) is 18.5 Å². The number of hydrogen-bond donors (Lipinski definition) is 0. The van der Waals surface area contributed by atoms with Crippen molar-refractivity contribution in [2.45, 2.75) is 20.0 Å². The monoisotopic (exact) mass is 356 g/mol. The number of aldehydes is 1. The van der Waals surface area contributed by atoms with E-state index in [-0.39, 0.29) is 0 Å². The van der Waals surface area contributed by atoms with E-state index in [1.165, 1.54) is 0 Å². The van der Waals surface area contributed by atoms with Crippen LogP contribution in [-0.2, 0) is 20.1 Å². The number of halogens is 2. The average molecular weight is 358 g/mol. The highest BCUT2D eigenvalue weighted by Gasteiger charge is 2.14. The van der Waals surface area contributed by atoms with Gasteiger partial charge < -0.3 is 4.74 Å². The van der Waals surface area contributed by atoms with Crippen molar-refractivity contribution in [2.24, 2.45) is 7.05 Å². The van der Waals surface area contributed by atoms with E-state index in [1.54, 1.807) is 22.9 Å². The molecule has 0 atom stereocenters. The number of nitrogens with zero attached hydrogens (tertiary/aromatic N) is 2. The van der Waals surface area contributed by atoms with Crippen LogP contribution in [0.3, 0.4) is 0 Å². The molecule has 2 rings (SSSR count). The topological polar surface area (TPSA) is 44.1 Å². The quantitative estimate of drug-likeness (QED) is 0.765. The molecule has 0 spiro atoms. The van der Waals surface area contributed by atoms with Gasteiger partial charge in [0.05, 0.1) is 20.9 Å². The third-order valence-electron chi connectivity index (χ3n) is 2.96. The minimum absolute atomic E-state index is 0.321. The minimum Gasteiger partial charge on any atom is -0.486 e. The van der Waals surface area contributed by atoms with E-state index < -0.39 is 0 Å². The van der Waals surface area contributed by atoms with Crippen LogP contribution in [0, 0.1) is 0 Å². The standard InChI is InChI=1S/C14H14BrClN2O2/c1-3-11-14(16)12(18(2)17-11)8-20-13-5-4-9(7-19)6-10(13)15/h4-7H,3,8H2,1-2H3. The first-order chi connectivity index (χ1) is 9.56. The van der Waals surface area contributed by atoms with Crippen LogP contribution < -0.4 is 4.74 Å². The van der Waals surface area contributed by atoms with Crippen LogP contribution in [0.5, 0.6) is 5.75 Å². The molecule has 4 nitrogen and oxygen atoms in total. The summed E-state index contributed by atoms with van der Waals surface area (Å²) in [7, 11) is 1.84. The molecular weight excluding hydrogens is 344 g/mol. The molecule has 20 heavy (non-hydrogen) atoms. The van der Waals surface area contributed by atoms with E-state index in [0.717, 1.165) is 28.6 Å². The third kappa shape index (κ3) is 3.04. The Bertz CT molecular complexity index is 640. The zero-order valence-electron chi connectivity index (χ0n) is 11.2. The first kappa shape index (κ1) is 15.1. The number of benzene rings is 1. The fourth-order valence-electron chi connectivity index (χ4n) is 1.83. The second-order valence-corrected chi connectivity index (χ2v) is 5.51. The van der Waals surface area contributed by atoms with Crippen LogP contribution in [0.1, 0.15) is 28.7 Å². The summed E-state index contributed by atoms with van der Waals surface area (Å²) in [5.41, 5.74) is 2.29. The maximum absolute atomic E-state index is 10.7. The Hall–Kier alpha value is -1.33. The summed E-state index contributed by atoms with van der Waals surface area (Å²) in [4.78, 5) is 10.7. The minimum atomic E-state index is 0.321. The van der Waals surface area contributed by atoms with Gasteiger partial charge in [-0.15, -0.1) is 0 Å². The molecule has 0 fully saturated rings. The van der Waals surface area contributed by atoms with Gasteiger partial charge in [0.15, 0.2) is 0 Å². The Balaban J connectivity index is 2.17. The van der Waals surface area contributed by atoms with Gasteiger partial charge in [0.1, 0.15) is 18.6 Å². The number of hydrogen-bond acceptors (Lipinski definition) is 3. The molecule has 0 saturated heterocycles. The summed E-state index contributed by atoms with van der Waals surface area (Å²) in [5.74, 6) is 0.658. The van der Waals surface area contributed by atoms with Gasteiger partial charge in [-0.25, -0.2) is 0 Å². The molecule has 2 aromatic rings. The molecule has 1 heterocycles. The van der Waals surface area contributed by atoms with Gasteiger partial charge in [-0.05, 0) is 40.5 Å². The van der Waals surface area contributed by atoms with Crippen molar-refractivity contribution < 1.29 is 9.53 Å². The molecule has 0 radical (unpaired) electrons. The highest BCUT2D eigenvalue weighted by Crippen LogP contribution is 2.28. The van der Waals surface area contributed by atoms with E-state index in [9.17, 15) is 4.79 Å². The zero-order chi connectivity index (χ0) is 14.7. The second kappa shape index (κ2) is 6.41. The summed E-state index contributed by atoms with van der Waals surface area (Å²) >= 11 is 9.64. The highest BCUT2D eigenvalue weighted by molar-refractivity contribution is 9.10. The van der Waals surface area contributed by atoms with Gasteiger partial charge in [-0.2, -0.15) is 5.10 Å². The van der Waals surface area contributed by atoms with Gasteiger partial charge in [0.2, 0.25) is 0 Å². The van der Waals surface area contributed by atoms with Gasteiger partial charge in [0, 0.05) is 12.6 Å². The SMILES string of the molecule is CCc1nn(C)c(COc2ccc(C=O)cc2Br)c1Cl. The van der Waals surface area contributed by atoms with Crippen molar-refractivity contribution in [1.82, 2.24) is 9.78 Å². The Morgan fingerprint density at radius 1 is 1.50 bits per heavy atom. The first-order valence-electron chi connectivity index (χ1n) is 6.14. The first-order valence-corrected chi connectivity index (χ1v) is 7.31. The summed E-state index contributed by atoms with van der Waals surface area (Å²) in [6.07, 6.45) is 1.57. The lowest BCUT2D eigenvalue weighted by atomic mass is 10.2. The average Bonchev–Trinajstić information content (AvgIpc) is 2.72. The number of aromatic nitrogens is 2. The molecule has 1 aromatic carbocycles. The van der Waals surface area contributed by atoms with Gasteiger partial charge >= 0.3 is 0 Å². The Kier molecular flexibility index (Phi) is 4.83. The predicted molar refractivity (Wildman–Crippen MR) is 81.5 cm³/mol. The number of aryl methyl sites for hydroxylation is 2. The van der Waals surface area contributed by atoms with Crippen molar-refractivity contribution in [1.29, 1.82) is 0 Å². The molecule has 0 unspecified atom stereocenters. The molecule has 0 aliphatic rings. The van der Waals surface area contributed by atoms with Crippen molar-refractivity contribution in [3.05, 3.63) is 44.6 Å². The predicted octanol–water partition coefficient (Wildman–Crippen LogP) is 3.79. The molecule has 0 N–H and O–H groups in total. The van der Waals surface area contributed by atoms with Crippen LogP contribution >= 0.6 is 27.5 Å². The summed E-state index contributed by atoms with van der Waals surface area (Å²) in [6.45, 7) is 2.33. The van der Waals surface area contributed by atoms with Gasteiger partial charge in [-0.3, -0.25) is 9.48 Å². The van der Waals surface area contributed by atoms with E-state index in [1.807, 2.05) is 14.0 Å². The Morgan fingerprint density at radius 2 is 2.25 bits per heavy atom. The van der Waals surface area contributed by atoms with E-state index >= 15 is 0 Å². The normalized spacial score (nSPS) is 10.6. The van der Waals surface area contributed by atoms with Crippen LogP contribution in [-0.4, -0.2) is 16.1 Å². The van der Waals surface area contributed by atoms with Crippen LogP contribution in [0.15, 0.2) is 22.7 Å². The molecule has 106 valence electrons. The second-order valence-electron chi connectivity index (χ2n) is 4.28. The molecule has 0 aliphatic carbocycles. The zero-order valence-corrected chi connectivity index (χ0v) is 13.5. The lowest BCUT2D eigenvalue weighted by Crippen LogP contribution is -2.04. The smallest absolute Gasteiger partial charge is 0.150 e.